The Bertz CT molecular complexity index is 733. The van der Waals surface area contributed by atoms with E-state index in [-0.39, 0.29) is 17.4 Å². The Kier molecular flexibility index (Phi) is 5.88. The molecule has 0 aliphatic heterocycles. The third kappa shape index (κ3) is 3.46. The van der Waals surface area contributed by atoms with E-state index in [1.807, 2.05) is 6.08 Å². The minimum atomic E-state index is -0.250. The fraction of sp³-hybridized carbons (Fsp3) is 0.821. The Balaban J connectivity index is 1.54. The zero-order valence-electron chi connectivity index (χ0n) is 20.0. The molecule has 4 aliphatic carbocycles. The Morgan fingerprint density at radius 3 is 2.57 bits per heavy atom. The van der Waals surface area contributed by atoms with Gasteiger partial charge in [0, 0.05) is 5.92 Å². The lowest BCUT2D eigenvalue weighted by molar-refractivity contribution is -0.135. The van der Waals surface area contributed by atoms with Crippen LogP contribution in [-0.4, -0.2) is 17.0 Å². The topological polar surface area (TPSA) is 37.3 Å². The van der Waals surface area contributed by atoms with Crippen molar-refractivity contribution in [1.29, 1.82) is 0 Å². The summed E-state index contributed by atoms with van der Waals surface area (Å²) < 4.78 is 0. The average molecular weight is 413 g/mol. The number of rotatable bonds is 5. The maximum absolute atomic E-state index is 13.4. The summed E-state index contributed by atoms with van der Waals surface area (Å²) in [5.74, 6) is 3.67. The number of aliphatic hydroxyl groups excluding tert-OH is 1. The first kappa shape index (κ1) is 22.3. The number of carbonyl (C=O) groups excluding carboxylic acids is 1. The first-order valence-corrected chi connectivity index (χ1v) is 12.7. The van der Waals surface area contributed by atoms with Gasteiger partial charge in [-0.05, 0) is 104 Å². The number of hydrogen-bond acceptors (Lipinski definition) is 2. The van der Waals surface area contributed by atoms with Gasteiger partial charge in [0.05, 0.1) is 6.10 Å². The molecule has 0 radical (unpaired) electrons. The predicted octanol–water partition coefficient (Wildman–Crippen LogP) is 6.73. The van der Waals surface area contributed by atoms with E-state index < -0.39 is 0 Å². The van der Waals surface area contributed by atoms with Crippen molar-refractivity contribution in [3.63, 3.8) is 0 Å². The van der Waals surface area contributed by atoms with Crippen molar-refractivity contribution in [3.8, 4) is 0 Å². The smallest absolute Gasteiger partial charge is 0.159 e. The van der Waals surface area contributed by atoms with E-state index in [0.717, 1.165) is 25.2 Å². The van der Waals surface area contributed by atoms with E-state index in [1.54, 1.807) is 0 Å². The molecule has 0 spiro atoms. The monoisotopic (exact) mass is 412 g/mol. The Labute approximate surface area is 184 Å². The standard InChI is InChI=1S/C28H44O2/c1-17(2)18(3)7-8-19(4)22-9-10-23-26-24(12-14-28(22,23)6)27(5)13-11-21(29)15-20(27)16-25(26)30/h16-17,19,21-24,26,29H,3,7-15H2,1-2,4-6H3/t19-,21+,22-,23+,24-,26+,27+,28-/m1/s1. The maximum atomic E-state index is 13.4. The molecule has 168 valence electrons. The third-order valence-corrected chi connectivity index (χ3v) is 10.4. The molecular weight excluding hydrogens is 368 g/mol. The van der Waals surface area contributed by atoms with Gasteiger partial charge in [-0.3, -0.25) is 4.79 Å². The molecule has 4 aliphatic rings. The first-order chi connectivity index (χ1) is 14.1. The summed E-state index contributed by atoms with van der Waals surface area (Å²) in [6.45, 7) is 16.2. The van der Waals surface area contributed by atoms with Crippen molar-refractivity contribution in [2.45, 2.75) is 98.5 Å². The van der Waals surface area contributed by atoms with Crippen molar-refractivity contribution in [2.75, 3.05) is 0 Å². The van der Waals surface area contributed by atoms with Crippen molar-refractivity contribution in [3.05, 3.63) is 23.8 Å². The fourth-order valence-electron chi connectivity index (χ4n) is 8.26. The van der Waals surface area contributed by atoms with Crippen LogP contribution < -0.4 is 0 Å². The molecule has 0 saturated heterocycles. The second-order valence-electron chi connectivity index (χ2n) is 12.2. The van der Waals surface area contributed by atoms with Crippen LogP contribution >= 0.6 is 0 Å². The highest BCUT2D eigenvalue weighted by Gasteiger charge is 2.61. The van der Waals surface area contributed by atoms with Crippen molar-refractivity contribution >= 4 is 5.78 Å². The summed E-state index contributed by atoms with van der Waals surface area (Å²) in [6.07, 6.45) is 11.8. The fourth-order valence-corrected chi connectivity index (χ4v) is 8.26. The van der Waals surface area contributed by atoms with Crippen LogP contribution in [0.15, 0.2) is 23.8 Å². The SMILES string of the molecule is C=C(CC[C@@H](C)[C@H]1CC[C@H]2[C@@H]3C(=O)C=C4C[C@@H](O)CC[C@]4(C)[C@@H]3CC[C@]12C)C(C)C. The molecule has 0 aromatic carbocycles. The molecular formula is C28H44O2. The minimum absolute atomic E-state index is 0.137. The van der Waals surface area contributed by atoms with Gasteiger partial charge < -0.3 is 5.11 Å². The number of fused-ring (bicyclic) bond motifs is 5. The van der Waals surface area contributed by atoms with Crippen LogP contribution in [0, 0.1) is 46.3 Å². The number of carbonyl (C=O) groups is 1. The van der Waals surface area contributed by atoms with Gasteiger partial charge in [0.25, 0.3) is 0 Å². The minimum Gasteiger partial charge on any atom is -0.393 e. The van der Waals surface area contributed by atoms with Gasteiger partial charge in [-0.1, -0.05) is 52.3 Å². The summed E-state index contributed by atoms with van der Waals surface area (Å²) >= 11 is 0. The first-order valence-electron chi connectivity index (χ1n) is 12.7. The normalized spacial score (nSPS) is 44.2. The van der Waals surface area contributed by atoms with E-state index in [2.05, 4.69) is 41.2 Å². The highest BCUT2D eigenvalue weighted by Crippen LogP contribution is 2.66. The quantitative estimate of drug-likeness (QED) is 0.508. The van der Waals surface area contributed by atoms with Gasteiger partial charge in [0.1, 0.15) is 0 Å². The van der Waals surface area contributed by atoms with E-state index >= 15 is 0 Å². The van der Waals surface area contributed by atoms with Gasteiger partial charge in [-0.25, -0.2) is 0 Å². The summed E-state index contributed by atoms with van der Waals surface area (Å²) in [5.41, 5.74) is 3.09. The number of hydrogen-bond donors (Lipinski definition) is 1. The largest absolute Gasteiger partial charge is 0.393 e. The number of allylic oxidation sites excluding steroid dienone is 2. The third-order valence-electron chi connectivity index (χ3n) is 10.4. The summed E-state index contributed by atoms with van der Waals surface area (Å²) in [5, 5.41) is 10.2. The molecule has 0 aromatic heterocycles. The maximum Gasteiger partial charge on any atom is 0.159 e. The molecule has 2 nitrogen and oxygen atoms in total. The molecule has 0 heterocycles. The van der Waals surface area contributed by atoms with Gasteiger partial charge in [0.2, 0.25) is 0 Å². The zero-order valence-corrected chi connectivity index (χ0v) is 20.0. The van der Waals surface area contributed by atoms with Crippen LogP contribution in [0.5, 0.6) is 0 Å². The van der Waals surface area contributed by atoms with Gasteiger partial charge in [-0.2, -0.15) is 0 Å². The molecule has 4 rings (SSSR count). The molecule has 8 atom stereocenters. The Hall–Kier alpha value is -0.890. The van der Waals surface area contributed by atoms with Gasteiger partial charge >= 0.3 is 0 Å². The number of ketones is 1. The van der Waals surface area contributed by atoms with Crippen LogP contribution in [0.4, 0.5) is 0 Å². The average Bonchev–Trinajstić information content (AvgIpc) is 3.04. The Morgan fingerprint density at radius 2 is 1.87 bits per heavy atom. The lowest BCUT2D eigenvalue weighted by Crippen LogP contribution is -2.53. The molecule has 3 saturated carbocycles. The summed E-state index contributed by atoms with van der Waals surface area (Å²) in [4.78, 5) is 13.4. The van der Waals surface area contributed by atoms with E-state index in [9.17, 15) is 9.90 Å². The second kappa shape index (κ2) is 7.91. The molecule has 30 heavy (non-hydrogen) atoms. The lowest BCUT2D eigenvalue weighted by atomic mass is 9.46. The highest BCUT2D eigenvalue weighted by molar-refractivity contribution is 5.94. The molecule has 0 amide bonds. The molecule has 3 fully saturated rings. The highest BCUT2D eigenvalue weighted by atomic mass is 16.3. The van der Waals surface area contributed by atoms with Crippen LogP contribution in [0.25, 0.3) is 0 Å². The van der Waals surface area contributed by atoms with Crippen LogP contribution in [0.2, 0.25) is 0 Å². The molecule has 2 heteroatoms. The van der Waals surface area contributed by atoms with Crippen molar-refractivity contribution in [2.24, 2.45) is 46.3 Å². The Morgan fingerprint density at radius 1 is 1.13 bits per heavy atom. The second-order valence-corrected chi connectivity index (χ2v) is 12.2. The van der Waals surface area contributed by atoms with Crippen LogP contribution in [0.1, 0.15) is 92.4 Å². The van der Waals surface area contributed by atoms with Crippen molar-refractivity contribution in [1.82, 2.24) is 0 Å². The van der Waals surface area contributed by atoms with Crippen LogP contribution in [-0.2, 0) is 4.79 Å². The number of aliphatic hydroxyl groups is 1. The van der Waals surface area contributed by atoms with E-state index in [0.29, 0.717) is 41.3 Å². The zero-order chi connectivity index (χ0) is 21.8. The predicted molar refractivity (Wildman–Crippen MR) is 124 cm³/mol. The van der Waals surface area contributed by atoms with Gasteiger partial charge in [-0.15, -0.1) is 0 Å². The van der Waals surface area contributed by atoms with E-state index in [4.69, 9.17) is 0 Å². The molecule has 0 aromatic rings. The molecule has 0 unspecified atom stereocenters. The summed E-state index contributed by atoms with van der Waals surface area (Å²) in [6, 6.07) is 0. The summed E-state index contributed by atoms with van der Waals surface area (Å²) in [7, 11) is 0. The molecule has 1 N–H and O–H groups in total. The molecule has 0 bridgehead atoms. The van der Waals surface area contributed by atoms with E-state index in [1.165, 1.54) is 43.3 Å². The van der Waals surface area contributed by atoms with Crippen LogP contribution in [0.3, 0.4) is 0 Å². The van der Waals surface area contributed by atoms with Gasteiger partial charge in [0.15, 0.2) is 5.78 Å². The lowest BCUT2D eigenvalue weighted by Gasteiger charge is -2.57. The van der Waals surface area contributed by atoms with Crippen molar-refractivity contribution < 1.29 is 9.90 Å².